The fourth-order valence-corrected chi connectivity index (χ4v) is 4.75. The molecule has 1 aromatic heterocycles. The number of thiophene rings is 1. The third kappa shape index (κ3) is 4.05. The smallest absolute Gasteiger partial charge is 0.264 e. The Morgan fingerprint density at radius 1 is 1.17 bits per heavy atom. The van der Waals surface area contributed by atoms with E-state index in [9.17, 15) is 4.79 Å². The summed E-state index contributed by atoms with van der Waals surface area (Å²) in [5, 5.41) is 0. The van der Waals surface area contributed by atoms with Crippen LogP contribution in [0.25, 0.3) is 0 Å². The Hall–Kier alpha value is -0.690. The van der Waals surface area contributed by atoms with Gasteiger partial charge in [0.05, 0.1) is 8.66 Å². The van der Waals surface area contributed by atoms with E-state index in [2.05, 4.69) is 67.9 Å². The summed E-state index contributed by atoms with van der Waals surface area (Å²) in [6.45, 7) is 6.55. The lowest BCUT2D eigenvalue weighted by Crippen LogP contribution is -2.48. The Morgan fingerprint density at radius 2 is 1.87 bits per heavy atom. The molecule has 1 saturated heterocycles. The molecule has 0 atom stereocenters. The summed E-state index contributed by atoms with van der Waals surface area (Å²) in [5.74, 6) is 0.136. The van der Waals surface area contributed by atoms with Crippen LogP contribution in [0.3, 0.4) is 0 Å². The first kappa shape index (κ1) is 17.1. The Bertz CT molecular complexity index is 689. The second-order valence-corrected chi connectivity index (χ2v) is 8.95. The second kappa shape index (κ2) is 7.47. The van der Waals surface area contributed by atoms with Crippen molar-refractivity contribution in [3.63, 3.8) is 0 Å². The van der Waals surface area contributed by atoms with Crippen molar-refractivity contribution in [2.45, 2.75) is 13.5 Å². The number of benzene rings is 1. The molecular weight excluding hydrogens is 440 g/mol. The number of hydrogen-bond donors (Lipinski definition) is 0. The number of halogens is 2. The highest BCUT2D eigenvalue weighted by Gasteiger charge is 2.24. The van der Waals surface area contributed by atoms with Gasteiger partial charge < -0.3 is 4.90 Å². The summed E-state index contributed by atoms with van der Waals surface area (Å²) in [6.07, 6.45) is 0. The molecule has 23 heavy (non-hydrogen) atoms. The number of piperazine rings is 1. The molecule has 0 N–H and O–H groups in total. The largest absolute Gasteiger partial charge is 0.335 e. The van der Waals surface area contributed by atoms with Crippen LogP contribution in [0.5, 0.6) is 0 Å². The van der Waals surface area contributed by atoms with Crippen LogP contribution in [0.1, 0.15) is 20.8 Å². The van der Waals surface area contributed by atoms with Gasteiger partial charge in [0.15, 0.2) is 0 Å². The molecule has 1 aliphatic heterocycles. The molecule has 2 heterocycles. The molecule has 6 heteroatoms. The molecule has 0 spiro atoms. The molecular formula is C17H18Br2N2OS. The first-order valence-corrected chi connectivity index (χ1v) is 9.96. The standard InChI is InChI=1S/C17H18Br2N2OS/c1-12-4-2-3-5-13(12)11-20-6-8-21(9-7-20)17(22)15-10-14(18)16(19)23-15/h2-5,10H,6-9,11H2,1H3. The highest BCUT2D eigenvalue weighted by Crippen LogP contribution is 2.33. The second-order valence-electron chi connectivity index (χ2n) is 5.73. The van der Waals surface area contributed by atoms with Gasteiger partial charge >= 0.3 is 0 Å². The first-order chi connectivity index (χ1) is 11.0. The third-order valence-corrected chi connectivity index (χ3v) is 7.41. The van der Waals surface area contributed by atoms with Crippen LogP contribution in [-0.2, 0) is 6.54 Å². The van der Waals surface area contributed by atoms with Gasteiger partial charge in [0.1, 0.15) is 0 Å². The molecule has 1 aromatic carbocycles. The fourth-order valence-electron chi connectivity index (χ4n) is 2.75. The van der Waals surface area contributed by atoms with Crippen molar-refractivity contribution in [3.8, 4) is 0 Å². The van der Waals surface area contributed by atoms with Crippen LogP contribution in [-0.4, -0.2) is 41.9 Å². The summed E-state index contributed by atoms with van der Waals surface area (Å²) in [7, 11) is 0. The minimum absolute atomic E-state index is 0.136. The summed E-state index contributed by atoms with van der Waals surface area (Å²) in [4.78, 5) is 17.7. The molecule has 1 amide bonds. The number of hydrogen-bond acceptors (Lipinski definition) is 3. The van der Waals surface area contributed by atoms with Gasteiger partial charge in [-0.05, 0) is 56.0 Å². The lowest BCUT2D eigenvalue weighted by atomic mass is 10.1. The molecule has 0 saturated carbocycles. The molecule has 3 nitrogen and oxygen atoms in total. The third-order valence-electron chi connectivity index (χ3n) is 4.17. The molecule has 122 valence electrons. The van der Waals surface area contributed by atoms with Gasteiger partial charge in [-0.1, -0.05) is 24.3 Å². The lowest BCUT2D eigenvalue weighted by Gasteiger charge is -2.34. The molecule has 0 unspecified atom stereocenters. The minimum Gasteiger partial charge on any atom is -0.335 e. The summed E-state index contributed by atoms with van der Waals surface area (Å²) in [6, 6.07) is 10.4. The van der Waals surface area contributed by atoms with Gasteiger partial charge in [-0.3, -0.25) is 9.69 Å². The Morgan fingerprint density at radius 3 is 2.48 bits per heavy atom. The van der Waals surface area contributed by atoms with Crippen molar-refractivity contribution < 1.29 is 4.79 Å². The molecule has 0 bridgehead atoms. The number of carbonyl (C=O) groups is 1. The van der Waals surface area contributed by atoms with Crippen LogP contribution in [0, 0.1) is 6.92 Å². The van der Waals surface area contributed by atoms with Gasteiger partial charge in [-0.2, -0.15) is 0 Å². The number of carbonyl (C=O) groups excluding carboxylic acids is 1. The number of nitrogens with zero attached hydrogens (tertiary/aromatic N) is 2. The van der Waals surface area contributed by atoms with Crippen molar-refractivity contribution in [2.75, 3.05) is 26.2 Å². The maximum atomic E-state index is 12.6. The van der Waals surface area contributed by atoms with E-state index in [1.807, 2.05) is 11.0 Å². The predicted octanol–water partition coefficient (Wildman–Crippen LogP) is 4.54. The van der Waals surface area contributed by atoms with Crippen molar-refractivity contribution >= 4 is 49.1 Å². The normalized spacial score (nSPS) is 15.9. The molecule has 0 aliphatic carbocycles. The topological polar surface area (TPSA) is 23.6 Å². The van der Waals surface area contributed by atoms with E-state index in [-0.39, 0.29) is 5.91 Å². The van der Waals surface area contributed by atoms with E-state index in [1.165, 1.54) is 22.5 Å². The Balaban J connectivity index is 1.58. The Labute approximate surface area is 157 Å². The zero-order chi connectivity index (χ0) is 16.4. The van der Waals surface area contributed by atoms with Crippen molar-refractivity contribution in [2.24, 2.45) is 0 Å². The van der Waals surface area contributed by atoms with E-state index >= 15 is 0 Å². The first-order valence-electron chi connectivity index (χ1n) is 7.55. The maximum Gasteiger partial charge on any atom is 0.264 e. The summed E-state index contributed by atoms with van der Waals surface area (Å²) in [5.41, 5.74) is 2.71. The van der Waals surface area contributed by atoms with Crippen molar-refractivity contribution in [1.29, 1.82) is 0 Å². The van der Waals surface area contributed by atoms with Gasteiger partial charge in [-0.15, -0.1) is 11.3 Å². The number of amides is 1. The van der Waals surface area contributed by atoms with E-state index in [0.29, 0.717) is 0 Å². The predicted molar refractivity (Wildman–Crippen MR) is 102 cm³/mol. The molecule has 0 radical (unpaired) electrons. The van der Waals surface area contributed by atoms with Crippen molar-refractivity contribution in [3.05, 3.63) is 54.6 Å². The summed E-state index contributed by atoms with van der Waals surface area (Å²) < 4.78 is 1.92. The van der Waals surface area contributed by atoms with Crippen LogP contribution in [0.4, 0.5) is 0 Å². The molecule has 2 aromatic rings. The Kier molecular flexibility index (Phi) is 5.57. The maximum absolute atomic E-state index is 12.6. The van der Waals surface area contributed by atoms with E-state index in [4.69, 9.17) is 0 Å². The van der Waals surface area contributed by atoms with Gasteiger partial charge in [0.2, 0.25) is 0 Å². The minimum atomic E-state index is 0.136. The van der Waals surface area contributed by atoms with Crippen LogP contribution in [0.15, 0.2) is 38.6 Å². The van der Waals surface area contributed by atoms with E-state index in [0.717, 1.165) is 45.9 Å². The highest BCUT2D eigenvalue weighted by atomic mass is 79.9. The number of aryl methyl sites for hydroxylation is 1. The fraction of sp³-hybridized carbons (Fsp3) is 0.353. The van der Waals surface area contributed by atoms with Crippen molar-refractivity contribution in [1.82, 2.24) is 9.80 Å². The van der Waals surface area contributed by atoms with E-state index in [1.54, 1.807) is 0 Å². The van der Waals surface area contributed by atoms with Gasteiger partial charge in [-0.25, -0.2) is 0 Å². The zero-order valence-corrected chi connectivity index (χ0v) is 16.9. The summed E-state index contributed by atoms with van der Waals surface area (Å²) >= 11 is 8.39. The molecule has 1 aliphatic rings. The average molecular weight is 458 g/mol. The lowest BCUT2D eigenvalue weighted by molar-refractivity contribution is 0.0633. The van der Waals surface area contributed by atoms with Crippen LogP contribution >= 0.6 is 43.2 Å². The van der Waals surface area contributed by atoms with E-state index < -0.39 is 0 Å². The molecule has 3 rings (SSSR count). The van der Waals surface area contributed by atoms with Crippen LogP contribution in [0.2, 0.25) is 0 Å². The zero-order valence-electron chi connectivity index (χ0n) is 12.9. The number of rotatable bonds is 3. The van der Waals surface area contributed by atoms with Gasteiger partial charge in [0, 0.05) is 37.2 Å². The quantitative estimate of drug-likeness (QED) is 0.675. The molecule has 1 fully saturated rings. The average Bonchev–Trinajstić information content (AvgIpc) is 2.89. The monoisotopic (exact) mass is 456 g/mol. The SMILES string of the molecule is Cc1ccccc1CN1CCN(C(=O)c2cc(Br)c(Br)s2)CC1. The van der Waals surface area contributed by atoms with Crippen LogP contribution < -0.4 is 0 Å². The van der Waals surface area contributed by atoms with Gasteiger partial charge in [0.25, 0.3) is 5.91 Å². The highest BCUT2D eigenvalue weighted by molar-refractivity contribution is 9.13.